The van der Waals surface area contributed by atoms with Crippen LogP contribution in [-0.2, 0) is 10.0 Å². The molecule has 6 heteroatoms. The number of nitrogens with zero attached hydrogens (tertiary/aromatic N) is 2. The molecule has 0 aliphatic heterocycles. The monoisotopic (exact) mass is 375 g/mol. The van der Waals surface area contributed by atoms with Gasteiger partial charge in [0.2, 0.25) is 0 Å². The molecule has 1 N–H and O–H groups in total. The third-order valence-corrected chi connectivity index (χ3v) is 5.73. The lowest BCUT2D eigenvalue weighted by atomic mass is 10.00. The highest BCUT2D eigenvalue weighted by atomic mass is 32.2. The number of nitrogens with one attached hydrogen (secondary N) is 1. The molecule has 0 saturated carbocycles. The third kappa shape index (κ3) is 3.39. The molecule has 5 nitrogen and oxygen atoms in total. The van der Waals surface area contributed by atoms with E-state index in [2.05, 4.69) is 14.7 Å². The topological polar surface area (TPSA) is 72.0 Å². The maximum Gasteiger partial charge on any atom is 0.263 e. The highest BCUT2D eigenvalue weighted by Crippen LogP contribution is 2.31. The molecule has 0 unspecified atom stereocenters. The normalized spacial score (nSPS) is 11.4. The van der Waals surface area contributed by atoms with Gasteiger partial charge >= 0.3 is 0 Å². The minimum Gasteiger partial charge on any atom is -0.280 e. The zero-order valence-corrected chi connectivity index (χ0v) is 15.4. The summed E-state index contributed by atoms with van der Waals surface area (Å²) >= 11 is 0. The third-order valence-electron chi connectivity index (χ3n) is 4.36. The summed E-state index contributed by atoms with van der Waals surface area (Å²) in [5, 5.41) is 2.11. The first-order valence-electron chi connectivity index (χ1n) is 8.42. The number of rotatable bonds is 4. The number of aromatic nitrogens is 2. The number of sulfonamides is 1. The van der Waals surface area contributed by atoms with E-state index < -0.39 is 10.0 Å². The van der Waals surface area contributed by atoms with Crippen molar-refractivity contribution < 1.29 is 8.42 Å². The zero-order chi connectivity index (χ0) is 18.9. The maximum absolute atomic E-state index is 12.6. The molecule has 0 amide bonds. The van der Waals surface area contributed by atoms with Gasteiger partial charge in [-0.1, -0.05) is 30.3 Å². The van der Waals surface area contributed by atoms with E-state index in [0.717, 1.165) is 27.6 Å². The van der Waals surface area contributed by atoms with Crippen molar-refractivity contribution in [3.63, 3.8) is 0 Å². The van der Waals surface area contributed by atoms with E-state index in [1.54, 1.807) is 18.3 Å². The fraction of sp³-hybridized carbons (Fsp3) is 0.0476. The molecule has 2 aromatic carbocycles. The van der Waals surface area contributed by atoms with E-state index in [-0.39, 0.29) is 4.90 Å². The molecule has 4 rings (SSSR count). The van der Waals surface area contributed by atoms with Crippen LogP contribution >= 0.6 is 0 Å². The lowest BCUT2D eigenvalue weighted by Crippen LogP contribution is -2.13. The molecule has 0 bridgehead atoms. The number of benzene rings is 2. The van der Waals surface area contributed by atoms with Gasteiger partial charge in [-0.2, -0.15) is 0 Å². The van der Waals surface area contributed by atoms with Crippen LogP contribution in [0.15, 0.2) is 84.1 Å². The van der Waals surface area contributed by atoms with Gasteiger partial charge in [0.25, 0.3) is 10.0 Å². The second kappa shape index (κ2) is 6.81. The summed E-state index contributed by atoms with van der Waals surface area (Å²) in [4.78, 5) is 8.54. The van der Waals surface area contributed by atoms with Crippen LogP contribution in [0.3, 0.4) is 0 Å². The maximum atomic E-state index is 12.6. The second-order valence-corrected chi connectivity index (χ2v) is 7.89. The average Bonchev–Trinajstić information content (AvgIpc) is 2.69. The summed E-state index contributed by atoms with van der Waals surface area (Å²) in [5.41, 5.74) is 3.21. The van der Waals surface area contributed by atoms with Crippen molar-refractivity contribution in [3.05, 3.63) is 84.8 Å². The van der Waals surface area contributed by atoms with Crippen molar-refractivity contribution in [1.82, 2.24) is 9.97 Å². The Morgan fingerprint density at radius 1 is 0.926 bits per heavy atom. The number of anilines is 1. The minimum absolute atomic E-state index is 0.121. The highest BCUT2D eigenvalue weighted by Gasteiger charge is 2.16. The van der Waals surface area contributed by atoms with Crippen LogP contribution in [0, 0.1) is 6.92 Å². The fourth-order valence-electron chi connectivity index (χ4n) is 3.00. The Hall–Kier alpha value is -3.25. The van der Waals surface area contributed by atoms with Crippen molar-refractivity contribution in [2.45, 2.75) is 11.8 Å². The summed E-state index contributed by atoms with van der Waals surface area (Å²) in [6, 6.07) is 18.5. The molecule has 0 saturated heterocycles. The smallest absolute Gasteiger partial charge is 0.263 e. The Labute approximate surface area is 157 Å². The molecule has 0 spiro atoms. The summed E-state index contributed by atoms with van der Waals surface area (Å²) in [7, 11) is -3.70. The van der Waals surface area contributed by atoms with Gasteiger partial charge in [0.15, 0.2) is 0 Å². The number of hydrogen-bond acceptors (Lipinski definition) is 4. The van der Waals surface area contributed by atoms with Gasteiger partial charge in [0.05, 0.1) is 5.69 Å². The molecule has 27 heavy (non-hydrogen) atoms. The van der Waals surface area contributed by atoms with Crippen LogP contribution < -0.4 is 4.72 Å². The Balaban J connectivity index is 1.79. The van der Waals surface area contributed by atoms with Crippen molar-refractivity contribution >= 4 is 26.5 Å². The fourth-order valence-corrected chi connectivity index (χ4v) is 4.01. The van der Waals surface area contributed by atoms with E-state index in [4.69, 9.17) is 0 Å². The highest BCUT2D eigenvalue weighted by molar-refractivity contribution is 7.92. The van der Waals surface area contributed by atoms with Crippen molar-refractivity contribution in [1.29, 1.82) is 0 Å². The largest absolute Gasteiger partial charge is 0.280 e. The lowest BCUT2D eigenvalue weighted by molar-refractivity contribution is 0.601. The van der Waals surface area contributed by atoms with Crippen molar-refractivity contribution in [2.75, 3.05) is 4.72 Å². The van der Waals surface area contributed by atoms with Gasteiger partial charge in [0.1, 0.15) is 4.90 Å². The molecule has 2 aromatic heterocycles. The van der Waals surface area contributed by atoms with Crippen LogP contribution in [0.25, 0.3) is 22.0 Å². The molecule has 0 atom stereocenters. The average molecular weight is 375 g/mol. The van der Waals surface area contributed by atoms with E-state index in [1.165, 1.54) is 18.5 Å². The summed E-state index contributed by atoms with van der Waals surface area (Å²) in [6.07, 6.45) is 4.63. The molecule has 0 radical (unpaired) electrons. The van der Waals surface area contributed by atoms with E-state index in [9.17, 15) is 8.42 Å². The predicted octanol–water partition coefficient (Wildman–Crippen LogP) is 4.41. The molecular formula is C21H17N3O2S. The standard InChI is InChI=1S/C21H17N3O2S/c1-15-8-9-17(24-27(25,26)18-6-4-11-22-14-18)13-20(15)21-19-7-3-2-5-16(19)10-12-23-21/h2-14,24H,1H3. The summed E-state index contributed by atoms with van der Waals surface area (Å²) in [6.45, 7) is 1.98. The first-order valence-corrected chi connectivity index (χ1v) is 9.90. The van der Waals surface area contributed by atoms with E-state index >= 15 is 0 Å². The summed E-state index contributed by atoms with van der Waals surface area (Å²) in [5.74, 6) is 0. The Kier molecular flexibility index (Phi) is 4.33. The second-order valence-electron chi connectivity index (χ2n) is 6.20. The molecule has 0 aliphatic rings. The Bertz CT molecular complexity index is 1220. The minimum atomic E-state index is -3.70. The van der Waals surface area contributed by atoms with Crippen molar-refractivity contribution in [3.8, 4) is 11.3 Å². The van der Waals surface area contributed by atoms with Crippen LogP contribution in [-0.4, -0.2) is 18.4 Å². The number of hydrogen-bond donors (Lipinski definition) is 1. The molecule has 4 aromatic rings. The van der Waals surface area contributed by atoms with Gasteiger partial charge in [-0.25, -0.2) is 8.42 Å². The Morgan fingerprint density at radius 2 is 1.78 bits per heavy atom. The van der Waals surface area contributed by atoms with E-state index in [1.807, 2.05) is 49.4 Å². The Morgan fingerprint density at radius 3 is 2.59 bits per heavy atom. The molecule has 2 heterocycles. The molecule has 0 aliphatic carbocycles. The molecule has 134 valence electrons. The van der Waals surface area contributed by atoms with Gasteiger partial charge < -0.3 is 0 Å². The number of pyridine rings is 2. The SMILES string of the molecule is Cc1ccc(NS(=O)(=O)c2cccnc2)cc1-c1nccc2ccccc12. The van der Waals surface area contributed by atoms with E-state index in [0.29, 0.717) is 5.69 Å². The van der Waals surface area contributed by atoms with Crippen LogP contribution in [0.5, 0.6) is 0 Å². The first kappa shape index (κ1) is 17.2. The van der Waals surface area contributed by atoms with Gasteiger partial charge in [-0.15, -0.1) is 0 Å². The zero-order valence-electron chi connectivity index (χ0n) is 14.6. The quantitative estimate of drug-likeness (QED) is 0.574. The van der Waals surface area contributed by atoms with Gasteiger partial charge in [-0.05, 0) is 48.2 Å². The van der Waals surface area contributed by atoms with Gasteiger partial charge in [-0.3, -0.25) is 14.7 Å². The number of aryl methyl sites for hydroxylation is 1. The van der Waals surface area contributed by atoms with Gasteiger partial charge in [0, 0.05) is 35.2 Å². The van der Waals surface area contributed by atoms with Crippen LogP contribution in [0.2, 0.25) is 0 Å². The predicted molar refractivity (Wildman–Crippen MR) is 107 cm³/mol. The molecule has 0 fully saturated rings. The van der Waals surface area contributed by atoms with Crippen molar-refractivity contribution in [2.24, 2.45) is 0 Å². The lowest BCUT2D eigenvalue weighted by Gasteiger charge is -2.13. The first-order chi connectivity index (χ1) is 13.0. The summed E-state index contributed by atoms with van der Waals surface area (Å²) < 4.78 is 27.8. The number of fused-ring (bicyclic) bond motifs is 1. The van der Waals surface area contributed by atoms with Crippen LogP contribution in [0.1, 0.15) is 5.56 Å². The van der Waals surface area contributed by atoms with Crippen LogP contribution in [0.4, 0.5) is 5.69 Å². The molecular weight excluding hydrogens is 358 g/mol.